The highest BCUT2D eigenvalue weighted by atomic mass is 35.5. The van der Waals surface area contributed by atoms with E-state index in [0.717, 1.165) is 46.6 Å². The van der Waals surface area contributed by atoms with Crippen LogP contribution in [0.25, 0.3) is 10.9 Å². The Bertz CT molecular complexity index is 1030. The Labute approximate surface area is 169 Å². The van der Waals surface area contributed by atoms with Gasteiger partial charge in [-0.1, -0.05) is 24.6 Å². The maximum atomic E-state index is 10.9. The smallest absolute Gasteiger partial charge is 0.219 e. The van der Waals surface area contributed by atoms with Crippen molar-refractivity contribution in [3.8, 4) is 5.88 Å². The molecule has 1 atom stereocenters. The molecule has 0 bridgehead atoms. The van der Waals surface area contributed by atoms with Gasteiger partial charge in [0, 0.05) is 37.6 Å². The Morgan fingerprint density at radius 2 is 2.11 bits per heavy atom. The van der Waals surface area contributed by atoms with Gasteiger partial charge in [0.1, 0.15) is 11.9 Å². The molecule has 28 heavy (non-hydrogen) atoms. The van der Waals surface area contributed by atoms with Crippen molar-refractivity contribution in [2.24, 2.45) is 13.0 Å². The second kappa shape index (κ2) is 7.35. The summed E-state index contributed by atoms with van der Waals surface area (Å²) in [5.41, 5.74) is 3.14. The minimum absolute atomic E-state index is 0.563. The van der Waals surface area contributed by atoms with Crippen LogP contribution in [0.3, 0.4) is 0 Å². The van der Waals surface area contributed by atoms with Gasteiger partial charge in [-0.15, -0.1) is 0 Å². The van der Waals surface area contributed by atoms with E-state index < -0.39 is 6.10 Å². The predicted molar refractivity (Wildman–Crippen MR) is 110 cm³/mol. The number of hydrogen-bond donors (Lipinski definition) is 1. The van der Waals surface area contributed by atoms with Crippen molar-refractivity contribution in [2.75, 3.05) is 20.2 Å². The molecule has 0 spiro atoms. The maximum Gasteiger partial charge on any atom is 0.219 e. The van der Waals surface area contributed by atoms with Gasteiger partial charge in [0.2, 0.25) is 5.88 Å². The van der Waals surface area contributed by atoms with Gasteiger partial charge < -0.3 is 14.4 Å². The zero-order chi connectivity index (χ0) is 20.0. The molecule has 1 fully saturated rings. The van der Waals surface area contributed by atoms with E-state index in [0.29, 0.717) is 23.4 Å². The lowest BCUT2D eigenvalue weighted by Crippen LogP contribution is -2.44. The Morgan fingerprint density at radius 1 is 1.36 bits per heavy atom. The number of likely N-dealkylation sites (tertiary alicyclic amines) is 1. The first kappa shape index (κ1) is 19.2. The molecule has 1 aliphatic heterocycles. The SMILES string of the molecule is COc1nc2ccc(C(O)c3cnc(C)n3C)cc2c(Cl)c1CN1CC(C)C1. The van der Waals surface area contributed by atoms with Crippen molar-refractivity contribution in [3.05, 3.63) is 52.1 Å². The number of benzene rings is 1. The van der Waals surface area contributed by atoms with Crippen molar-refractivity contribution in [1.29, 1.82) is 0 Å². The fraction of sp³-hybridized carbons (Fsp3) is 0.429. The van der Waals surface area contributed by atoms with Gasteiger partial charge in [-0.3, -0.25) is 4.90 Å². The molecule has 0 amide bonds. The first-order valence-corrected chi connectivity index (χ1v) is 9.81. The average Bonchev–Trinajstić information content (AvgIpc) is 3.00. The molecule has 0 radical (unpaired) electrons. The minimum atomic E-state index is -0.784. The largest absolute Gasteiger partial charge is 0.481 e. The van der Waals surface area contributed by atoms with Crippen molar-refractivity contribution < 1.29 is 9.84 Å². The molecular weight excluding hydrogens is 376 g/mol. The fourth-order valence-corrected chi connectivity index (χ4v) is 4.15. The molecule has 1 aliphatic rings. The van der Waals surface area contributed by atoms with Gasteiger partial charge in [-0.2, -0.15) is 0 Å². The zero-order valence-electron chi connectivity index (χ0n) is 16.6. The van der Waals surface area contributed by atoms with Crippen molar-refractivity contribution in [2.45, 2.75) is 26.5 Å². The molecule has 6 nitrogen and oxygen atoms in total. The summed E-state index contributed by atoms with van der Waals surface area (Å²) in [5.74, 6) is 2.13. The molecule has 148 valence electrons. The normalized spacial score (nSPS) is 16.4. The third-order valence-electron chi connectivity index (χ3n) is 5.57. The summed E-state index contributed by atoms with van der Waals surface area (Å²) >= 11 is 6.80. The lowest BCUT2D eigenvalue weighted by atomic mass is 10.0. The van der Waals surface area contributed by atoms with Crippen molar-refractivity contribution >= 4 is 22.5 Å². The lowest BCUT2D eigenvalue weighted by Gasteiger charge is -2.37. The molecule has 1 unspecified atom stereocenters. The number of pyridine rings is 1. The van der Waals surface area contributed by atoms with E-state index in [2.05, 4.69) is 21.8 Å². The summed E-state index contributed by atoms with van der Waals surface area (Å²) in [5, 5.41) is 12.3. The highest BCUT2D eigenvalue weighted by Crippen LogP contribution is 2.36. The van der Waals surface area contributed by atoms with E-state index in [4.69, 9.17) is 16.3 Å². The Balaban J connectivity index is 1.75. The van der Waals surface area contributed by atoms with Gasteiger partial charge in [0.05, 0.1) is 29.5 Å². The Morgan fingerprint density at radius 3 is 2.71 bits per heavy atom. The number of aromatic nitrogens is 3. The molecule has 2 aromatic heterocycles. The Hall–Kier alpha value is -2.15. The number of imidazole rings is 1. The zero-order valence-corrected chi connectivity index (χ0v) is 17.4. The second-order valence-corrected chi connectivity index (χ2v) is 8.06. The summed E-state index contributed by atoms with van der Waals surface area (Å²) < 4.78 is 7.40. The number of halogens is 1. The fourth-order valence-electron chi connectivity index (χ4n) is 3.86. The standard InChI is InChI=1S/C21H25ClN4O2/c1-12-9-26(10-12)11-16-19(22)15-7-14(5-6-17(15)24-21(16)28-4)20(27)18-8-23-13(2)25(18)3/h5-8,12,20,27H,9-11H2,1-4H3. The second-order valence-electron chi connectivity index (χ2n) is 7.68. The number of aliphatic hydroxyl groups is 1. The third kappa shape index (κ3) is 3.26. The molecule has 4 rings (SSSR count). The molecule has 1 aromatic carbocycles. The monoisotopic (exact) mass is 400 g/mol. The van der Waals surface area contributed by atoms with Crippen LogP contribution < -0.4 is 4.74 Å². The third-order valence-corrected chi connectivity index (χ3v) is 6.00. The van der Waals surface area contributed by atoms with E-state index in [1.54, 1.807) is 13.3 Å². The molecule has 0 saturated carbocycles. The molecule has 1 saturated heterocycles. The predicted octanol–water partition coefficient (Wildman–Crippen LogP) is 3.47. The number of fused-ring (bicyclic) bond motifs is 1. The van der Waals surface area contributed by atoms with Gasteiger partial charge in [0.15, 0.2) is 0 Å². The maximum absolute atomic E-state index is 10.9. The number of rotatable bonds is 5. The molecule has 7 heteroatoms. The lowest BCUT2D eigenvalue weighted by molar-refractivity contribution is 0.103. The number of aliphatic hydroxyl groups excluding tert-OH is 1. The average molecular weight is 401 g/mol. The van der Waals surface area contributed by atoms with Crippen molar-refractivity contribution in [1.82, 2.24) is 19.4 Å². The first-order chi connectivity index (χ1) is 13.4. The number of aryl methyl sites for hydroxylation is 1. The van der Waals surface area contributed by atoms with E-state index >= 15 is 0 Å². The summed E-state index contributed by atoms with van der Waals surface area (Å²) in [4.78, 5) is 11.3. The Kier molecular flexibility index (Phi) is 5.04. The quantitative estimate of drug-likeness (QED) is 0.710. The molecule has 1 N–H and O–H groups in total. The molecule has 0 aliphatic carbocycles. The number of nitrogens with zero attached hydrogens (tertiary/aromatic N) is 4. The molecular formula is C21H25ClN4O2. The number of hydrogen-bond acceptors (Lipinski definition) is 5. The van der Waals surface area contributed by atoms with Crippen LogP contribution in [0.2, 0.25) is 5.02 Å². The summed E-state index contributed by atoms with van der Waals surface area (Å²) in [6.07, 6.45) is 0.919. The summed E-state index contributed by atoms with van der Waals surface area (Å²) in [6, 6.07) is 5.66. The highest BCUT2D eigenvalue weighted by molar-refractivity contribution is 6.36. The van der Waals surface area contributed by atoms with Crippen LogP contribution in [0.15, 0.2) is 24.4 Å². The van der Waals surface area contributed by atoms with Crippen LogP contribution in [0.1, 0.15) is 35.7 Å². The number of ether oxygens (including phenoxy) is 1. The van der Waals surface area contributed by atoms with Gasteiger partial charge >= 0.3 is 0 Å². The molecule has 3 aromatic rings. The van der Waals surface area contributed by atoms with Gasteiger partial charge in [0.25, 0.3) is 0 Å². The van der Waals surface area contributed by atoms with Crippen molar-refractivity contribution in [3.63, 3.8) is 0 Å². The van der Waals surface area contributed by atoms with Crippen LogP contribution in [0.4, 0.5) is 0 Å². The van der Waals surface area contributed by atoms with Crippen LogP contribution in [0, 0.1) is 12.8 Å². The van der Waals surface area contributed by atoms with Crippen LogP contribution in [-0.4, -0.2) is 44.7 Å². The number of methoxy groups -OCH3 is 1. The van der Waals surface area contributed by atoms with Gasteiger partial charge in [-0.25, -0.2) is 9.97 Å². The van der Waals surface area contributed by atoms with Gasteiger partial charge in [-0.05, 0) is 30.5 Å². The van der Waals surface area contributed by atoms with E-state index in [-0.39, 0.29) is 0 Å². The van der Waals surface area contributed by atoms with Crippen LogP contribution in [-0.2, 0) is 13.6 Å². The summed E-state index contributed by atoms with van der Waals surface area (Å²) in [7, 11) is 3.52. The van der Waals surface area contributed by atoms with Crippen LogP contribution >= 0.6 is 11.6 Å². The van der Waals surface area contributed by atoms with Crippen LogP contribution in [0.5, 0.6) is 5.88 Å². The van der Waals surface area contributed by atoms with E-state index in [9.17, 15) is 5.11 Å². The molecule has 3 heterocycles. The summed E-state index contributed by atoms with van der Waals surface area (Å²) in [6.45, 7) is 6.96. The van der Waals surface area contributed by atoms with E-state index in [1.165, 1.54) is 0 Å². The van der Waals surface area contributed by atoms with E-state index in [1.807, 2.05) is 36.7 Å². The topological polar surface area (TPSA) is 63.4 Å². The first-order valence-electron chi connectivity index (χ1n) is 9.43. The minimum Gasteiger partial charge on any atom is -0.481 e. The highest BCUT2D eigenvalue weighted by Gasteiger charge is 2.26.